The summed E-state index contributed by atoms with van der Waals surface area (Å²) in [5, 5.41) is 9.14. The van der Waals surface area contributed by atoms with Crippen molar-refractivity contribution in [2.45, 2.75) is 25.2 Å². The molecule has 3 aromatic rings. The van der Waals surface area contributed by atoms with Crippen LogP contribution in [-0.4, -0.2) is 43.8 Å². The first-order chi connectivity index (χ1) is 15.4. The highest BCUT2D eigenvalue weighted by Crippen LogP contribution is 2.40. The van der Waals surface area contributed by atoms with Gasteiger partial charge < -0.3 is 19.3 Å². The molecule has 0 saturated carbocycles. The first-order valence-corrected chi connectivity index (χ1v) is 11.4. The fourth-order valence-electron chi connectivity index (χ4n) is 2.98. The summed E-state index contributed by atoms with van der Waals surface area (Å²) in [7, 11) is -2.49. The number of aliphatic hydroxyl groups excluding tert-OH is 1. The summed E-state index contributed by atoms with van der Waals surface area (Å²) < 4.78 is 45.6. The van der Waals surface area contributed by atoms with Crippen molar-refractivity contribution in [1.82, 2.24) is 9.97 Å². The molecule has 0 amide bonds. The molecule has 0 fully saturated rings. The second kappa shape index (κ2) is 10.3. The number of sulfonamides is 1. The highest BCUT2D eigenvalue weighted by atomic mass is 32.2. The topological polar surface area (TPSA) is 120 Å². The van der Waals surface area contributed by atoms with Crippen LogP contribution in [0.15, 0.2) is 53.7 Å². The highest BCUT2D eigenvalue weighted by Gasteiger charge is 2.24. The second-order valence-electron chi connectivity index (χ2n) is 6.75. The van der Waals surface area contributed by atoms with Gasteiger partial charge in [-0.05, 0) is 42.7 Å². The molecular formula is C22H25N3O6S. The Balaban J connectivity index is 2.06. The first-order valence-electron chi connectivity index (χ1n) is 9.91. The Kier molecular flexibility index (Phi) is 7.49. The molecule has 0 spiro atoms. The van der Waals surface area contributed by atoms with Gasteiger partial charge >= 0.3 is 0 Å². The van der Waals surface area contributed by atoms with Crippen LogP contribution in [0.3, 0.4) is 0 Å². The van der Waals surface area contributed by atoms with Crippen molar-refractivity contribution in [3.8, 4) is 23.1 Å². The lowest BCUT2D eigenvalue weighted by Gasteiger charge is -2.17. The van der Waals surface area contributed by atoms with Crippen LogP contribution in [-0.2, 0) is 16.4 Å². The molecule has 3 rings (SSSR count). The number of rotatable bonds is 10. The Morgan fingerprint density at radius 3 is 2.59 bits per heavy atom. The van der Waals surface area contributed by atoms with E-state index in [0.29, 0.717) is 23.5 Å². The molecule has 0 aliphatic carbocycles. The van der Waals surface area contributed by atoms with Gasteiger partial charge in [-0.1, -0.05) is 31.2 Å². The number of methoxy groups -OCH3 is 1. The molecule has 9 nitrogen and oxygen atoms in total. The molecule has 0 bridgehead atoms. The Hall–Kier alpha value is -3.37. The standard InChI is InChI=1S/C22H25N3O6S/c1-4-16-7-5-6-8-19(16)32(27,28)25-21-20(22(24-14-23-21)30-12-11-26)31-17-10-9-15(2)13-18(17)29-3/h5-10,13-14,26H,4,11-12H2,1-3H3,(H,23,24,25). The monoisotopic (exact) mass is 459 g/mol. The SMILES string of the molecule is CCc1ccccc1S(=O)(=O)Nc1ncnc(OCCO)c1Oc1ccc(C)cc1OC. The number of benzene rings is 2. The fraction of sp³-hybridized carbons (Fsp3) is 0.273. The van der Waals surface area contributed by atoms with E-state index in [1.807, 2.05) is 19.9 Å². The molecule has 1 aromatic heterocycles. The minimum absolute atomic E-state index is 0.0295. The number of hydrogen-bond donors (Lipinski definition) is 2. The molecule has 1 heterocycles. The zero-order valence-corrected chi connectivity index (χ0v) is 18.8. The van der Waals surface area contributed by atoms with Gasteiger partial charge in [0.15, 0.2) is 17.3 Å². The minimum Gasteiger partial charge on any atom is -0.493 e. The molecule has 0 atom stereocenters. The van der Waals surface area contributed by atoms with E-state index >= 15 is 0 Å². The van der Waals surface area contributed by atoms with E-state index in [1.54, 1.807) is 30.3 Å². The molecule has 0 aliphatic heterocycles. The number of anilines is 1. The summed E-state index contributed by atoms with van der Waals surface area (Å²) in [6.45, 7) is 3.45. The van der Waals surface area contributed by atoms with Crippen LogP contribution in [0.1, 0.15) is 18.1 Å². The zero-order valence-electron chi connectivity index (χ0n) is 18.0. The van der Waals surface area contributed by atoms with E-state index in [1.165, 1.54) is 13.2 Å². The Morgan fingerprint density at radius 2 is 1.88 bits per heavy atom. The van der Waals surface area contributed by atoms with Crippen molar-refractivity contribution in [1.29, 1.82) is 0 Å². The molecule has 0 unspecified atom stereocenters. The molecular weight excluding hydrogens is 434 g/mol. The Bertz CT molecular complexity index is 1180. The molecule has 2 aromatic carbocycles. The van der Waals surface area contributed by atoms with Crippen LogP contribution in [0.5, 0.6) is 23.1 Å². The summed E-state index contributed by atoms with van der Waals surface area (Å²) in [4.78, 5) is 8.25. The molecule has 2 N–H and O–H groups in total. The third kappa shape index (κ3) is 5.27. The lowest BCUT2D eigenvalue weighted by molar-refractivity contribution is 0.192. The van der Waals surface area contributed by atoms with Gasteiger partial charge in [-0.25, -0.2) is 13.4 Å². The van der Waals surface area contributed by atoms with Crippen molar-refractivity contribution in [3.05, 3.63) is 59.9 Å². The normalized spacial score (nSPS) is 11.1. The third-order valence-corrected chi connectivity index (χ3v) is 5.95. The Labute approximate surface area is 187 Å². The van der Waals surface area contributed by atoms with Gasteiger partial charge in [-0.2, -0.15) is 4.98 Å². The van der Waals surface area contributed by atoms with Crippen molar-refractivity contribution in [2.24, 2.45) is 0 Å². The van der Waals surface area contributed by atoms with Gasteiger partial charge in [0.1, 0.15) is 12.9 Å². The first kappa shape index (κ1) is 23.3. The smallest absolute Gasteiger partial charge is 0.263 e. The molecule has 170 valence electrons. The van der Waals surface area contributed by atoms with E-state index < -0.39 is 10.0 Å². The van der Waals surface area contributed by atoms with Crippen molar-refractivity contribution in [3.63, 3.8) is 0 Å². The van der Waals surface area contributed by atoms with Crippen LogP contribution < -0.4 is 18.9 Å². The third-order valence-electron chi connectivity index (χ3n) is 4.51. The maximum Gasteiger partial charge on any atom is 0.263 e. The molecule has 32 heavy (non-hydrogen) atoms. The number of aryl methyl sites for hydroxylation is 2. The van der Waals surface area contributed by atoms with E-state index in [4.69, 9.17) is 19.3 Å². The molecule has 0 radical (unpaired) electrons. The lowest BCUT2D eigenvalue weighted by Crippen LogP contribution is -2.17. The maximum atomic E-state index is 13.1. The lowest BCUT2D eigenvalue weighted by atomic mass is 10.2. The molecule has 0 aliphatic rings. The van der Waals surface area contributed by atoms with Crippen molar-refractivity contribution >= 4 is 15.8 Å². The van der Waals surface area contributed by atoms with Crippen LogP contribution in [0.25, 0.3) is 0 Å². The van der Waals surface area contributed by atoms with Gasteiger partial charge in [0.25, 0.3) is 15.9 Å². The highest BCUT2D eigenvalue weighted by molar-refractivity contribution is 7.92. The van der Waals surface area contributed by atoms with Crippen LogP contribution >= 0.6 is 0 Å². The van der Waals surface area contributed by atoms with Gasteiger partial charge in [0.05, 0.1) is 18.6 Å². The van der Waals surface area contributed by atoms with Gasteiger partial charge in [0.2, 0.25) is 5.75 Å². The average molecular weight is 460 g/mol. The zero-order chi connectivity index (χ0) is 23.1. The van der Waals surface area contributed by atoms with Gasteiger partial charge in [-0.15, -0.1) is 0 Å². The number of aliphatic hydroxyl groups is 1. The summed E-state index contributed by atoms with van der Waals surface area (Å²) >= 11 is 0. The van der Waals surface area contributed by atoms with E-state index in [-0.39, 0.29) is 35.6 Å². The van der Waals surface area contributed by atoms with Crippen molar-refractivity contribution < 1.29 is 27.7 Å². The number of aromatic nitrogens is 2. The number of ether oxygens (including phenoxy) is 3. The Morgan fingerprint density at radius 1 is 1.09 bits per heavy atom. The average Bonchev–Trinajstić information content (AvgIpc) is 2.79. The quantitative estimate of drug-likeness (QED) is 0.474. The van der Waals surface area contributed by atoms with Crippen molar-refractivity contribution in [2.75, 3.05) is 25.0 Å². The van der Waals surface area contributed by atoms with E-state index in [0.717, 1.165) is 11.9 Å². The number of nitrogens with one attached hydrogen (secondary N) is 1. The summed E-state index contributed by atoms with van der Waals surface area (Å²) in [5.41, 5.74) is 1.61. The van der Waals surface area contributed by atoms with Crippen LogP contribution in [0.4, 0.5) is 5.82 Å². The molecule has 0 saturated heterocycles. The van der Waals surface area contributed by atoms with Gasteiger partial charge in [0, 0.05) is 0 Å². The maximum absolute atomic E-state index is 13.1. The van der Waals surface area contributed by atoms with Crippen LogP contribution in [0.2, 0.25) is 0 Å². The summed E-state index contributed by atoms with van der Waals surface area (Å²) in [6, 6.07) is 12.0. The predicted octanol–water partition coefficient (Wildman–Crippen LogP) is 3.32. The van der Waals surface area contributed by atoms with E-state index in [9.17, 15) is 8.42 Å². The second-order valence-corrected chi connectivity index (χ2v) is 8.40. The number of nitrogens with zero attached hydrogens (tertiary/aromatic N) is 2. The fourth-order valence-corrected chi connectivity index (χ4v) is 4.30. The van der Waals surface area contributed by atoms with Crippen LogP contribution in [0, 0.1) is 6.92 Å². The minimum atomic E-state index is -3.99. The predicted molar refractivity (Wildman–Crippen MR) is 119 cm³/mol. The number of hydrogen-bond acceptors (Lipinski definition) is 8. The summed E-state index contributed by atoms with van der Waals surface area (Å²) in [6.07, 6.45) is 1.69. The van der Waals surface area contributed by atoms with E-state index in [2.05, 4.69) is 14.7 Å². The van der Waals surface area contributed by atoms with Gasteiger partial charge in [-0.3, -0.25) is 4.72 Å². The summed E-state index contributed by atoms with van der Waals surface area (Å²) in [5.74, 6) is 0.559. The molecule has 10 heteroatoms. The largest absolute Gasteiger partial charge is 0.493 e.